The van der Waals surface area contributed by atoms with Gasteiger partial charge in [-0.3, -0.25) is 0 Å². The van der Waals surface area contributed by atoms with Gasteiger partial charge < -0.3 is 4.90 Å². The van der Waals surface area contributed by atoms with Crippen LogP contribution in [0.15, 0.2) is 27.3 Å². The lowest BCUT2D eigenvalue weighted by molar-refractivity contribution is 0.344. The molecule has 0 bridgehead atoms. The minimum atomic E-state index is 0.823. The van der Waals surface area contributed by atoms with E-state index in [4.69, 9.17) is 0 Å². The lowest BCUT2D eigenvalue weighted by atomic mass is 10.0. The Morgan fingerprint density at radius 2 is 1.43 bits per heavy atom. The van der Waals surface area contributed by atoms with E-state index in [1.807, 2.05) is 0 Å². The zero-order valence-electron chi connectivity index (χ0n) is 15.7. The molecule has 0 saturated carbocycles. The van der Waals surface area contributed by atoms with Crippen LogP contribution in [-0.2, 0) is 0 Å². The Morgan fingerprint density at radius 3 is 1.87 bits per heavy atom. The van der Waals surface area contributed by atoms with Crippen molar-refractivity contribution in [3.63, 3.8) is 0 Å². The molecule has 132 valence electrons. The lowest BCUT2D eigenvalue weighted by Gasteiger charge is -2.20. The molecular formula is C19H36N4. The monoisotopic (exact) mass is 320 g/mol. The molecule has 0 radical (unpaired) electrons. The standard InChI is InChI=1S/C19H36N4/c1-17(2)11-7-5-9-13-23(16-19-15-20-22-21-19)14-10-6-8-12-18(3)4/h15-18H,5-14H2,1-4H3. The van der Waals surface area contributed by atoms with Crippen molar-refractivity contribution < 1.29 is 0 Å². The van der Waals surface area contributed by atoms with Crippen LogP contribution in [0, 0.1) is 11.8 Å². The van der Waals surface area contributed by atoms with Gasteiger partial charge in [-0.05, 0) is 29.9 Å². The van der Waals surface area contributed by atoms with Gasteiger partial charge in [0.2, 0.25) is 0 Å². The molecule has 0 atom stereocenters. The summed E-state index contributed by atoms with van der Waals surface area (Å²) in [6.07, 6.45) is 14.4. The van der Waals surface area contributed by atoms with E-state index in [0.717, 1.165) is 30.6 Å². The fraction of sp³-hybridized carbons (Fsp3) is 0.842. The number of nitrogens with zero attached hydrogens (tertiary/aromatic N) is 4. The second-order valence-corrected chi connectivity index (χ2v) is 7.51. The number of hydrogen-bond acceptors (Lipinski definition) is 4. The van der Waals surface area contributed by atoms with Gasteiger partial charge in [0.25, 0.3) is 0 Å². The molecule has 0 spiro atoms. The first-order valence-electron chi connectivity index (χ1n) is 9.48. The average Bonchev–Trinajstić information content (AvgIpc) is 2.98. The highest BCUT2D eigenvalue weighted by molar-refractivity contribution is 5.78. The van der Waals surface area contributed by atoms with Gasteiger partial charge >= 0.3 is 0 Å². The summed E-state index contributed by atoms with van der Waals surface area (Å²) < 4.78 is 0. The molecule has 1 aliphatic rings. The maximum atomic E-state index is 4.03. The van der Waals surface area contributed by atoms with Crippen molar-refractivity contribution in [3.8, 4) is 0 Å². The Kier molecular flexibility index (Phi) is 10.6. The fourth-order valence-corrected chi connectivity index (χ4v) is 2.76. The van der Waals surface area contributed by atoms with Crippen molar-refractivity contribution >= 4 is 6.21 Å². The third kappa shape index (κ3) is 11.1. The molecule has 1 heterocycles. The van der Waals surface area contributed by atoms with Crippen LogP contribution in [0.3, 0.4) is 0 Å². The number of allylic oxidation sites excluding steroid dienone is 1. The second kappa shape index (κ2) is 12.3. The zero-order chi connectivity index (χ0) is 16.9. The van der Waals surface area contributed by atoms with Crippen molar-refractivity contribution in [2.24, 2.45) is 27.3 Å². The van der Waals surface area contributed by atoms with Gasteiger partial charge in [-0.25, -0.2) is 0 Å². The predicted molar refractivity (Wildman–Crippen MR) is 99.6 cm³/mol. The van der Waals surface area contributed by atoms with E-state index in [1.165, 1.54) is 51.4 Å². The molecule has 23 heavy (non-hydrogen) atoms. The van der Waals surface area contributed by atoms with E-state index in [9.17, 15) is 0 Å². The molecule has 0 aromatic rings. The van der Waals surface area contributed by atoms with Crippen LogP contribution in [0.2, 0.25) is 0 Å². The molecule has 1 rings (SSSR count). The van der Waals surface area contributed by atoms with Gasteiger partial charge in [0.05, 0.1) is 6.21 Å². The third-order valence-electron chi connectivity index (χ3n) is 4.17. The molecular weight excluding hydrogens is 284 g/mol. The predicted octanol–water partition coefficient (Wildman–Crippen LogP) is 6.01. The topological polar surface area (TPSA) is 40.3 Å². The van der Waals surface area contributed by atoms with Crippen LogP contribution in [0.5, 0.6) is 0 Å². The smallest absolute Gasteiger partial charge is 0.123 e. The minimum Gasteiger partial charge on any atom is -0.376 e. The molecule has 0 aromatic carbocycles. The van der Waals surface area contributed by atoms with Crippen molar-refractivity contribution in [2.75, 3.05) is 13.1 Å². The number of rotatable bonds is 13. The summed E-state index contributed by atoms with van der Waals surface area (Å²) in [7, 11) is 0. The molecule has 0 N–H and O–H groups in total. The van der Waals surface area contributed by atoms with Crippen LogP contribution in [0.1, 0.15) is 79.1 Å². The molecule has 0 fully saturated rings. The highest BCUT2D eigenvalue weighted by Gasteiger charge is 2.05. The van der Waals surface area contributed by atoms with Crippen molar-refractivity contribution in [3.05, 3.63) is 11.9 Å². The van der Waals surface area contributed by atoms with Gasteiger partial charge in [0.15, 0.2) is 0 Å². The molecule has 4 nitrogen and oxygen atoms in total. The van der Waals surface area contributed by atoms with E-state index in [-0.39, 0.29) is 0 Å². The first-order chi connectivity index (χ1) is 11.1. The summed E-state index contributed by atoms with van der Waals surface area (Å²) in [5, 5.41) is 11.5. The molecule has 4 heteroatoms. The van der Waals surface area contributed by atoms with Crippen LogP contribution in [-0.4, -0.2) is 24.2 Å². The maximum absolute atomic E-state index is 4.03. The van der Waals surface area contributed by atoms with Crippen LogP contribution in [0.4, 0.5) is 0 Å². The zero-order valence-corrected chi connectivity index (χ0v) is 15.7. The molecule has 0 unspecified atom stereocenters. The van der Waals surface area contributed by atoms with Gasteiger partial charge in [-0.1, -0.05) is 66.2 Å². The van der Waals surface area contributed by atoms with Crippen LogP contribution in [0.25, 0.3) is 0 Å². The molecule has 0 aliphatic carbocycles. The average molecular weight is 321 g/mol. The van der Waals surface area contributed by atoms with Crippen molar-refractivity contribution in [1.82, 2.24) is 4.90 Å². The van der Waals surface area contributed by atoms with Crippen LogP contribution >= 0.6 is 0 Å². The maximum Gasteiger partial charge on any atom is 0.123 e. The Balaban J connectivity index is 2.27. The van der Waals surface area contributed by atoms with E-state index >= 15 is 0 Å². The summed E-state index contributed by atoms with van der Waals surface area (Å²) in [5.41, 5.74) is 0.884. The Hall–Kier alpha value is -1.19. The Morgan fingerprint density at radius 1 is 0.870 bits per heavy atom. The lowest BCUT2D eigenvalue weighted by Crippen LogP contribution is -2.21. The molecule has 0 amide bonds. The minimum absolute atomic E-state index is 0.823. The molecule has 0 saturated heterocycles. The quantitative estimate of drug-likeness (QED) is 0.383. The van der Waals surface area contributed by atoms with Crippen LogP contribution < -0.4 is 0 Å². The Bertz CT molecular complexity index is 351. The summed E-state index contributed by atoms with van der Waals surface area (Å²) >= 11 is 0. The number of hydrogen-bond donors (Lipinski definition) is 0. The second-order valence-electron chi connectivity index (χ2n) is 7.51. The summed E-state index contributed by atoms with van der Waals surface area (Å²) in [6.45, 7) is 11.5. The summed E-state index contributed by atoms with van der Waals surface area (Å²) in [6, 6.07) is 0. The van der Waals surface area contributed by atoms with Gasteiger partial charge in [0, 0.05) is 19.3 Å². The van der Waals surface area contributed by atoms with E-state index in [0.29, 0.717) is 0 Å². The van der Waals surface area contributed by atoms with Crippen molar-refractivity contribution in [2.45, 2.75) is 79.1 Å². The highest BCUT2D eigenvalue weighted by atomic mass is 15.4. The van der Waals surface area contributed by atoms with E-state index < -0.39 is 0 Å². The first-order valence-corrected chi connectivity index (χ1v) is 9.48. The van der Waals surface area contributed by atoms with Gasteiger partial charge in [-0.2, -0.15) is 0 Å². The largest absolute Gasteiger partial charge is 0.376 e. The van der Waals surface area contributed by atoms with E-state index in [2.05, 4.69) is 54.2 Å². The SMILES string of the molecule is CC(C)CCCCCN(C=C1C=NN=N1)CCCCCC(C)C. The highest BCUT2D eigenvalue weighted by Crippen LogP contribution is 2.13. The summed E-state index contributed by atoms with van der Waals surface area (Å²) in [4.78, 5) is 2.41. The Labute approximate surface area is 143 Å². The first kappa shape index (κ1) is 19.9. The summed E-state index contributed by atoms with van der Waals surface area (Å²) in [5.74, 6) is 1.65. The molecule has 1 aliphatic heterocycles. The molecule has 0 aromatic heterocycles. The fourth-order valence-electron chi connectivity index (χ4n) is 2.76. The third-order valence-corrected chi connectivity index (χ3v) is 4.17. The normalized spacial score (nSPS) is 15.5. The van der Waals surface area contributed by atoms with Crippen molar-refractivity contribution in [1.29, 1.82) is 0 Å². The number of unbranched alkanes of at least 4 members (excludes halogenated alkanes) is 4. The van der Waals surface area contributed by atoms with Gasteiger partial charge in [0.1, 0.15) is 5.70 Å². The van der Waals surface area contributed by atoms with Gasteiger partial charge in [-0.15, -0.1) is 10.2 Å². The van der Waals surface area contributed by atoms with E-state index in [1.54, 1.807) is 6.21 Å².